The SMILES string of the molecule is CCCCCCOc1ccc(-c2ccc(C(C)OC(=O)CCCC(C)CC)cc2)cc1. The van der Waals surface area contributed by atoms with Gasteiger partial charge in [-0.3, -0.25) is 4.79 Å². The van der Waals surface area contributed by atoms with Gasteiger partial charge in [0.1, 0.15) is 11.9 Å². The minimum absolute atomic E-state index is 0.106. The van der Waals surface area contributed by atoms with E-state index in [1.165, 1.54) is 19.3 Å². The topological polar surface area (TPSA) is 35.5 Å². The average Bonchev–Trinajstić information content (AvgIpc) is 2.79. The van der Waals surface area contributed by atoms with Gasteiger partial charge in [0, 0.05) is 6.42 Å². The van der Waals surface area contributed by atoms with Crippen molar-refractivity contribution in [3.63, 3.8) is 0 Å². The summed E-state index contributed by atoms with van der Waals surface area (Å²) < 4.78 is 11.4. The zero-order chi connectivity index (χ0) is 22.5. The van der Waals surface area contributed by atoms with E-state index in [2.05, 4.69) is 45.0 Å². The van der Waals surface area contributed by atoms with Crippen molar-refractivity contribution in [3.05, 3.63) is 54.1 Å². The molecule has 0 aliphatic carbocycles. The predicted octanol–water partition coefficient (Wildman–Crippen LogP) is 8.13. The first-order valence-corrected chi connectivity index (χ1v) is 12.1. The van der Waals surface area contributed by atoms with Gasteiger partial charge in [-0.15, -0.1) is 0 Å². The van der Waals surface area contributed by atoms with Crippen molar-refractivity contribution in [2.24, 2.45) is 5.92 Å². The van der Waals surface area contributed by atoms with Crippen LogP contribution < -0.4 is 4.74 Å². The van der Waals surface area contributed by atoms with Crippen molar-refractivity contribution in [2.75, 3.05) is 6.61 Å². The third-order valence-corrected chi connectivity index (χ3v) is 5.92. The van der Waals surface area contributed by atoms with Crippen molar-refractivity contribution in [3.8, 4) is 16.9 Å². The molecule has 2 aromatic carbocycles. The van der Waals surface area contributed by atoms with Gasteiger partial charge in [0.15, 0.2) is 0 Å². The highest BCUT2D eigenvalue weighted by Crippen LogP contribution is 2.26. The molecule has 170 valence electrons. The van der Waals surface area contributed by atoms with E-state index in [-0.39, 0.29) is 12.1 Å². The summed E-state index contributed by atoms with van der Waals surface area (Å²) in [7, 11) is 0. The zero-order valence-electron chi connectivity index (χ0n) is 19.9. The van der Waals surface area contributed by atoms with Gasteiger partial charge in [0.05, 0.1) is 6.61 Å². The van der Waals surface area contributed by atoms with E-state index >= 15 is 0 Å². The normalized spacial score (nSPS) is 12.9. The Morgan fingerprint density at radius 3 is 2.10 bits per heavy atom. The Kier molecular flexibility index (Phi) is 11.2. The van der Waals surface area contributed by atoms with E-state index in [1.54, 1.807) is 0 Å². The molecular formula is C28H40O3. The Bertz CT molecular complexity index is 749. The summed E-state index contributed by atoms with van der Waals surface area (Å²) in [6, 6.07) is 16.5. The third kappa shape index (κ3) is 9.16. The molecule has 2 unspecified atom stereocenters. The summed E-state index contributed by atoms with van der Waals surface area (Å²) >= 11 is 0. The number of hydrogen-bond donors (Lipinski definition) is 0. The van der Waals surface area contributed by atoms with Crippen molar-refractivity contribution in [2.45, 2.75) is 85.2 Å². The number of rotatable bonds is 14. The van der Waals surface area contributed by atoms with Crippen molar-refractivity contribution in [1.29, 1.82) is 0 Å². The summed E-state index contributed by atoms with van der Waals surface area (Å²) in [6.45, 7) is 9.35. The minimum atomic E-state index is -0.228. The highest BCUT2D eigenvalue weighted by atomic mass is 16.5. The van der Waals surface area contributed by atoms with Crippen molar-refractivity contribution >= 4 is 5.97 Å². The van der Waals surface area contributed by atoms with Gasteiger partial charge in [-0.2, -0.15) is 0 Å². The van der Waals surface area contributed by atoms with E-state index in [0.29, 0.717) is 12.3 Å². The van der Waals surface area contributed by atoms with Gasteiger partial charge in [-0.05, 0) is 54.5 Å². The molecule has 0 radical (unpaired) electrons. The van der Waals surface area contributed by atoms with Crippen LogP contribution in [0.5, 0.6) is 5.75 Å². The second kappa shape index (κ2) is 13.9. The monoisotopic (exact) mass is 424 g/mol. The molecular weight excluding hydrogens is 384 g/mol. The van der Waals surface area contributed by atoms with Gasteiger partial charge < -0.3 is 9.47 Å². The summed E-state index contributed by atoms with van der Waals surface area (Å²) in [5.74, 6) is 1.49. The smallest absolute Gasteiger partial charge is 0.306 e. The quantitative estimate of drug-likeness (QED) is 0.227. The molecule has 3 nitrogen and oxygen atoms in total. The van der Waals surface area contributed by atoms with Crippen LogP contribution in [0.1, 0.15) is 90.7 Å². The average molecular weight is 425 g/mol. The molecule has 0 spiro atoms. The molecule has 0 aliphatic rings. The molecule has 0 N–H and O–H groups in total. The van der Waals surface area contributed by atoms with Gasteiger partial charge >= 0.3 is 5.97 Å². The lowest BCUT2D eigenvalue weighted by Gasteiger charge is -2.15. The Hall–Kier alpha value is -2.29. The van der Waals surface area contributed by atoms with Crippen molar-refractivity contribution in [1.82, 2.24) is 0 Å². The maximum Gasteiger partial charge on any atom is 0.306 e. The number of unbranched alkanes of at least 4 members (excludes halogenated alkanes) is 3. The van der Waals surface area contributed by atoms with E-state index in [4.69, 9.17) is 9.47 Å². The van der Waals surface area contributed by atoms with Gasteiger partial charge in [0.25, 0.3) is 0 Å². The Balaban J connectivity index is 1.81. The fourth-order valence-electron chi connectivity index (χ4n) is 3.53. The molecule has 0 aliphatic heterocycles. The number of carbonyl (C=O) groups is 1. The van der Waals surface area contributed by atoms with Crippen LogP contribution in [-0.2, 0) is 9.53 Å². The molecule has 2 aromatic rings. The summed E-state index contributed by atoms with van der Waals surface area (Å²) in [4.78, 5) is 12.1. The molecule has 31 heavy (non-hydrogen) atoms. The molecule has 0 amide bonds. The first-order valence-electron chi connectivity index (χ1n) is 12.1. The summed E-state index contributed by atoms with van der Waals surface area (Å²) in [5.41, 5.74) is 3.32. The molecule has 0 bridgehead atoms. The van der Waals surface area contributed by atoms with Crippen LogP contribution in [-0.4, -0.2) is 12.6 Å². The first-order chi connectivity index (χ1) is 15.0. The first kappa shape index (κ1) is 25.0. The molecule has 0 heterocycles. The van der Waals surface area contributed by atoms with Crippen LogP contribution in [0.4, 0.5) is 0 Å². The lowest BCUT2D eigenvalue weighted by Crippen LogP contribution is -2.09. The predicted molar refractivity (Wildman–Crippen MR) is 129 cm³/mol. The second-order valence-corrected chi connectivity index (χ2v) is 8.59. The van der Waals surface area contributed by atoms with E-state index in [1.807, 2.05) is 31.2 Å². The largest absolute Gasteiger partial charge is 0.494 e. The molecule has 3 heteroatoms. The lowest BCUT2D eigenvalue weighted by atomic mass is 10.0. The van der Waals surface area contributed by atoms with Crippen LogP contribution in [0.2, 0.25) is 0 Å². The van der Waals surface area contributed by atoms with E-state index in [9.17, 15) is 4.79 Å². The van der Waals surface area contributed by atoms with Gasteiger partial charge in [-0.25, -0.2) is 0 Å². The number of ether oxygens (including phenoxy) is 2. The number of esters is 1. The second-order valence-electron chi connectivity index (χ2n) is 8.59. The van der Waals surface area contributed by atoms with E-state index in [0.717, 1.165) is 54.7 Å². The van der Waals surface area contributed by atoms with Gasteiger partial charge in [0.2, 0.25) is 0 Å². The number of benzene rings is 2. The Morgan fingerprint density at radius 2 is 1.48 bits per heavy atom. The van der Waals surface area contributed by atoms with E-state index < -0.39 is 0 Å². The van der Waals surface area contributed by atoms with Crippen LogP contribution in [0.25, 0.3) is 11.1 Å². The fourth-order valence-corrected chi connectivity index (χ4v) is 3.53. The minimum Gasteiger partial charge on any atom is -0.494 e. The highest BCUT2D eigenvalue weighted by molar-refractivity contribution is 5.70. The molecule has 0 saturated carbocycles. The number of hydrogen-bond acceptors (Lipinski definition) is 3. The lowest BCUT2D eigenvalue weighted by molar-refractivity contribution is -0.148. The van der Waals surface area contributed by atoms with Gasteiger partial charge in [-0.1, -0.05) is 89.3 Å². The molecule has 2 rings (SSSR count). The Morgan fingerprint density at radius 1 is 0.839 bits per heavy atom. The maximum atomic E-state index is 12.1. The zero-order valence-corrected chi connectivity index (χ0v) is 19.9. The standard InChI is InChI=1S/C28H40O3/c1-5-7-8-9-21-30-27-19-17-26(18-20-27)25-15-13-24(14-16-25)23(4)31-28(29)12-10-11-22(3)6-2/h13-20,22-23H,5-12,21H2,1-4H3. The molecule has 0 aromatic heterocycles. The summed E-state index contributed by atoms with van der Waals surface area (Å²) in [5, 5.41) is 0. The third-order valence-electron chi connectivity index (χ3n) is 5.92. The van der Waals surface area contributed by atoms with Crippen LogP contribution in [0.15, 0.2) is 48.5 Å². The Labute approximate surface area is 189 Å². The fraction of sp³-hybridized carbons (Fsp3) is 0.536. The molecule has 0 saturated heterocycles. The number of carbonyl (C=O) groups excluding carboxylic acids is 1. The maximum absolute atomic E-state index is 12.1. The van der Waals surface area contributed by atoms with Crippen molar-refractivity contribution < 1.29 is 14.3 Å². The highest BCUT2D eigenvalue weighted by Gasteiger charge is 2.12. The molecule has 2 atom stereocenters. The van der Waals surface area contributed by atoms with Crippen LogP contribution in [0, 0.1) is 5.92 Å². The van der Waals surface area contributed by atoms with Crippen LogP contribution >= 0.6 is 0 Å². The summed E-state index contributed by atoms with van der Waals surface area (Å²) in [6.07, 6.45) is 8.27. The molecule has 0 fully saturated rings. The van der Waals surface area contributed by atoms with Crippen LogP contribution in [0.3, 0.4) is 0 Å².